The van der Waals surface area contributed by atoms with Gasteiger partial charge in [-0.05, 0) is 18.6 Å². The average molecular weight is 209 g/mol. The molecule has 80 valence electrons. The molecule has 0 bridgehead atoms. The average Bonchev–Trinajstić information content (AvgIpc) is 2.16. The molecule has 1 amide bonds. The van der Waals surface area contributed by atoms with Crippen LogP contribution in [-0.2, 0) is 0 Å². The number of nitrogens with zero attached hydrogens (tertiary/aromatic N) is 1. The van der Waals surface area contributed by atoms with E-state index in [0.29, 0.717) is 5.56 Å². The molecule has 0 fully saturated rings. The van der Waals surface area contributed by atoms with Crippen molar-refractivity contribution < 1.29 is 9.72 Å². The number of nitrogen functional groups attached to an aromatic ring is 1. The predicted molar refractivity (Wildman–Crippen MR) is 55.6 cm³/mol. The van der Waals surface area contributed by atoms with Gasteiger partial charge in [-0.3, -0.25) is 14.9 Å². The fourth-order valence-corrected chi connectivity index (χ4v) is 1.26. The summed E-state index contributed by atoms with van der Waals surface area (Å²) in [5, 5.41) is 13.0. The van der Waals surface area contributed by atoms with Crippen LogP contribution in [0, 0.1) is 17.0 Å². The number of rotatable bonds is 2. The van der Waals surface area contributed by atoms with Gasteiger partial charge in [0.1, 0.15) is 5.69 Å². The van der Waals surface area contributed by atoms with Crippen LogP contribution in [0.2, 0.25) is 0 Å². The molecule has 15 heavy (non-hydrogen) atoms. The van der Waals surface area contributed by atoms with Gasteiger partial charge in [0.2, 0.25) is 0 Å². The predicted octanol–water partition coefficient (Wildman–Crippen LogP) is 0.845. The molecule has 0 heterocycles. The van der Waals surface area contributed by atoms with Gasteiger partial charge in [0.25, 0.3) is 11.6 Å². The summed E-state index contributed by atoms with van der Waals surface area (Å²) in [6, 6.07) is 2.60. The molecule has 0 saturated heterocycles. The van der Waals surface area contributed by atoms with E-state index in [2.05, 4.69) is 5.32 Å². The van der Waals surface area contributed by atoms with Crippen molar-refractivity contribution in [3.63, 3.8) is 0 Å². The Morgan fingerprint density at radius 2 is 2.13 bits per heavy atom. The third kappa shape index (κ3) is 2.04. The summed E-state index contributed by atoms with van der Waals surface area (Å²) in [6.07, 6.45) is 0. The van der Waals surface area contributed by atoms with Crippen molar-refractivity contribution in [1.82, 2.24) is 5.32 Å². The lowest BCUT2D eigenvalue weighted by molar-refractivity contribution is -0.383. The molecule has 0 saturated carbocycles. The Morgan fingerprint density at radius 3 is 2.60 bits per heavy atom. The molecule has 6 heteroatoms. The minimum absolute atomic E-state index is 0.0603. The Balaban J connectivity index is 3.36. The van der Waals surface area contributed by atoms with Gasteiger partial charge in [0.15, 0.2) is 0 Å². The van der Waals surface area contributed by atoms with E-state index >= 15 is 0 Å². The monoisotopic (exact) mass is 209 g/mol. The zero-order chi connectivity index (χ0) is 11.6. The lowest BCUT2D eigenvalue weighted by atomic mass is 10.1. The van der Waals surface area contributed by atoms with Crippen LogP contribution in [0.4, 0.5) is 11.4 Å². The van der Waals surface area contributed by atoms with Gasteiger partial charge in [-0.25, -0.2) is 0 Å². The lowest BCUT2D eigenvalue weighted by Crippen LogP contribution is -2.19. The number of benzene rings is 1. The van der Waals surface area contributed by atoms with Crippen LogP contribution in [0.3, 0.4) is 0 Å². The minimum Gasteiger partial charge on any atom is -0.393 e. The fraction of sp³-hybridized carbons (Fsp3) is 0.222. The molecule has 1 aromatic rings. The van der Waals surface area contributed by atoms with Crippen molar-refractivity contribution >= 4 is 17.3 Å². The first-order valence-electron chi connectivity index (χ1n) is 4.24. The summed E-state index contributed by atoms with van der Waals surface area (Å²) in [4.78, 5) is 21.3. The van der Waals surface area contributed by atoms with Gasteiger partial charge in [-0.1, -0.05) is 0 Å². The van der Waals surface area contributed by atoms with Crippen molar-refractivity contribution in [3.05, 3.63) is 33.4 Å². The molecule has 3 N–H and O–H groups in total. The van der Waals surface area contributed by atoms with Crippen molar-refractivity contribution in [3.8, 4) is 0 Å². The van der Waals surface area contributed by atoms with Crippen LogP contribution in [-0.4, -0.2) is 17.9 Å². The molecule has 0 aromatic heterocycles. The Bertz CT molecular complexity index is 429. The highest BCUT2D eigenvalue weighted by Crippen LogP contribution is 2.25. The van der Waals surface area contributed by atoms with Gasteiger partial charge in [0, 0.05) is 18.7 Å². The van der Waals surface area contributed by atoms with E-state index in [0.717, 1.165) is 0 Å². The van der Waals surface area contributed by atoms with E-state index in [4.69, 9.17) is 5.73 Å². The number of hydrogen-bond donors (Lipinski definition) is 2. The van der Waals surface area contributed by atoms with Crippen molar-refractivity contribution in [1.29, 1.82) is 0 Å². The summed E-state index contributed by atoms with van der Waals surface area (Å²) in [6.45, 7) is 1.67. The number of nitrogens with one attached hydrogen (secondary N) is 1. The van der Waals surface area contributed by atoms with Crippen LogP contribution in [0.25, 0.3) is 0 Å². The highest BCUT2D eigenvalue weighted by Gasteiger charge is 2.17. The summed E-state index contributed by atoms with van der Waals surface area (Å²) < 4.78 is 0. The first kappa shape index (κ1) is 11.0. The number of anilines is 1. The smallest absolute Gasteiger partial charge is 0.292 e. The molecule has 0 atom stereocenters. The second-order valence-corrected chi connectivity index (χ2v) is 3.06. The Morgan fingerprint density at radius 1 is 1.53 bits per heavy atom. The SMILES string of the molecule is CNC(=O)c1cc([N+](=O)[O-])c(N)cc1C. The molecule has 0 unspecified atom stereocenters. The Kier molecular flexibility index (Phi) is 2.89. The molecule has 0 aliphatic carbocycles. The first-order valence-corrected chi connectivity index (χ1v) is 4.24. The van der Waals surface area contributed by atoms with E-state index < -0.39 is 4.92 Å². The van der Waals surface area contributed by atoms with Crippen LogP contribution < -0.4 is 11.1 Å². The molecule has 1 aromatic carbocycles. The maximum absolute atomic E-state index is 11.3. The molecule has 6 nitrogen and oxygen atoms in total. The molecular weight excluding hydrogens is 198 g/mol. The fourth-order valence-electron chi connectivity index (χ4n) is 1.26. The van der Waals surface area contributed by atoms with E-state index in [9.17, 15) is 14.9 Å². The van der Waals surface area contributed by atoms with E-state index in [-0.39, 0.29) is 22.8 Å². The quantitative estimate of drug-likeness (QED) is 0.428. The highest BCUT2D eigenvalue weighted by molar-refractivity contribution is 5.97. The third-order valence-electron chi connectivity index (χ3n) is 2.04. The summed E-state index contributed by atoms with van der Waals surface area (Å²) in [5.41, 5.74) is 6.14. The van der Waals surface area contributed by atoms with Crippen LogP contribution in [0.1, 0.15) is 15.9 Å². The van der Waals surface area contributed by atoms with Gasteiger partial charge in [-0.2, -0.15) is 0 Å². The summed E-state index contributed by atoms with van der Waals surface area (Å²) in [5.74, 6) is -0.365. The van der Waals surface area contributed by atoms with Crippen molar-refractivity contribution in [2.75, 3.05) is 12.8 Å². The lowest BCUT2D eigenvalue weighted by Gasteiger charge is -2.05. The Labute approximate surface area is 86.2 Å². The zero-order valence-electron chi connectivity index (χ0n) is 8.40. The van der Waals surface area contributed by atoms with Gasteiger partial charge >= 0.3 is 0 Å². The van der Waals surface area contributed by atoms with E-state index in [1.807, 2.05) is 0 Å². The van der Waals surface area contributed by atoms with Crippen LogP contribution in [0.15, 0.2) is 12.1 Å². The van der Waals surface area contributed by atoms with Crippen LogP contribution in [0.5, 0.6) is 0 Å². The van der Waals surface area contributed by atoms with Gasteiger partial charge < -0.3 is 11.1 Å². The molecule has 0 aliphatic heterocycles. The normalized spacial score (nSPS) is 9.73. The topological polar surface area (TPSA) is 98.3 Å². The number of aryl methyl sites for hydroxylation is 1. The molecular formula is C9H11N3O3. The summed E-state index contributed by atoms with van der Waals surface area (Å²) in [7, 11) is 1.46. The number of nitro groups is 1. The molecule has 1 rings (SSSR count). The van der Waals surface area contributed by atoms with E-state index in [1.54, 1.807) is 6.92 Å². The first-order chi connectivity index (χ1) is 6.97. The second-order valence-electron chi connectivity index (χ2n) is 3.06. The van der Waals surface area contributed by atoms with E-state index in [1.165, 1.54) is 19.2 Å². The highest BCUT2D eigenvalue weighted by atomic mass is 16.6. The summed E-state index contributed by atoms with van der Waals surface area (Å²) >= 11 is 0. The molecule has 0 radical (unpaired) electrons. The number of carbonyl (C=O) groups is 1. The number of amides is 1. The number of carbonyl (C=O) groups excluding carboxylic acids is 1. The standard InChI is InChI=1S/C9H11N3O3/c1-5-3-7(10)8(12(14)15)4-6(5)9(13)11-2/h3-4H,10H2,1-2H3,(H,11,13). The minimum atomic E-state index is -0.610. The number of nitrogens with two attached hydrogens (primary N) is 1. The van der Waals surface area contributed by atoms with Crippen molar-refractivity contribution in [2.24, 2.45) is 0 Å². The largest absolute Gasteiger partial charge is 0.393 e. The number of hydrogen-bond acceptors (Lipinski definition) is 4. The van der Waals surface area contributed by atoms with Gasteiger partial charge in [0.05, 0.1) is 4.92 Å². The molecule has 0 aliphatic rings. The van der Waals surface area contributed by atoms with Gasteiger partial charge in [-0.15, -0.1) is 0 Å². The van der Waals surface area contributed by atoms with Crippen LogP contribution >= 0.6 is 0 Å². The molecule has 0 spiro atoms. The maximum atomic E-state index is 11.3. The zero-order valence-corrected chi connectivity index (χ0v) is 8.40. The third-order valence-corrected chi connectivity index (χ3v) is 2.04. The Hall–Kier alpha value is -2.11. The van der Waals surface area contributed by atoms with Crippen molar-refractivity contribution in [2.45, 2.75) is 6.92 Å². The second kappa shape index (κ2) is 3.95. The number of nitro benzene ring substituents is 1. The maximum Gasteiger partial charge on any atom is 0.292 e.